The highest BCUT2D eigenvalue weighted by atomic mass is 35.5. The zero-order chi connectivity index (χ0) is 22.7. The summed E-state index contributed by atoms with van der Waals surface area (Å²) in [5.74, 6) is 0.565. The summed E-state index contributed by atoms with van der Waals surface area (Å²) in [5, 5.41) is 10.7. The van der Waals surface area contributed by atoms with Gasteiger partial charge in [-0.3, -0.25) is 4.79 Å². The van der Waals surface area contributed by atoms with Crippen molar-refractivity contribution < 1.29 is 27.8 Å². The van der Waals surface area contributed by atoms with Gasteiger partial charge >= 0.3 is 6.08 Å². The quantitative estimate of drug-likeness (QED) is 0.533. The third-order valence-corrected chi connectivity index (χ3v) is 5.08. The van der Waals surface area contributed by atoms with E-state index in [4.69, 9.17) is 30.2 Å². The largest absolute Gasteiger partial charge is 0.493 e. The molecule has 0 spiro atoms. The fourth-order valence-electron chi connectivity index (χ4n) is 3.18. The molecule has 8 nitrogen and oxygen atoms in total. The fraction of sp³-hybridized carbons (Fsp3) is 0.227. The Morgan fingerprint density at radius 1 is 1.25 bits per heavy atom. The van der Waals surface area contributed by atoms with E-state index in [2.05, 4.69) is 15.5 Å². The van der Waals surface area contributed by atoms with Crippen LogP contribution < -0.4 is 19.5 Å². The number of aromatic nitrogens is 2. The molecule has 1 unspecified atom stereocenters. The maximum Gasteiger partial charge on any atom is 0.420 e. The Hall–Kier alpha value is -3.59. The summed E-state index contributed by atoms with van der Waals surface area (Å²) in [6, 6.07) is 11.1. The van der Waals surface area contributed by atoms with Crippen molar-refractivity contribution in [2.24, 2.45) is 0 Å². The molecule has 4 rings (SSSR count). The average molecular weight is 460 g/mol. The molecule has 2 aromatic carbocycles. The number of carbonyl (C=O) groups is 1. The summed E-state index contributed by atoms with van der Waals surface area (Å²) < 4.78 is 35.2. The van der Waals surface area contributed by atoms with Crippen LogP contribution in [0.15, 0.2) is 58.7 Å². The number of ether oxygens (including phenoxy) is 3. The van der Waals surface area contributed by atoms with Gasteiger partial charge in [-0.1, -0.05) is 28.8 Å². The van der Waals surface area contributed by atoms with Gasteiger partial charge in [0, 0.05) is 18.2 Å². The molecule has 1 atom stereocenters. The number of rotatable bonds is 8. The number of nitrogens with one attached hydrogen (secondary N) is 1. The number of hydrogen-bond acceptors (Lipinski definition) is 7. The van der Waals surface area contributed by atoms with Gasteiger partial charge in [0.25, 0.3) is 5.91 Å². The summed E-state index contributed by atoms with van der Waals surface area (Å²) in [7, 11) is 1.54. The summed E-state index contributed by atoms with van der Waals surface area (Å²) in [6.45, 7) is 1.63. The molecule has 0 fully saturated rings. The molecule has 3 aromatic rings. The summed E-state index contributed by atoms with van der Waals surface area (Å²) in [5.41, 5.74) is 0.145. The van der Waals surface area contributed by atoms with Crippen molar-refractivity contribution in [1.82, 2.24) is 15.5 Å². The average Bonchev–Trinajstić information content (AvgIpc) is 3.23. The monoisotopic (exact) mass is 459 g/mol. The molecule has 0 saturated carbocycles. The van der Waals surface area contributed by atoms with E-state index in [1.807, 2.05) is 19.1 Å². The third kappa shape index (κ3) is 4.67. The van der Waals surface area contributed by atoms with Gasteiger partial charge in [0.15, 0.2) is 18.1 Å². The molecule has 166 valence electrons. The van der Waals surface area contributed by atoms with Gasteiger partial charge in [-0.25, -0.2) is 4.39 Å². The molecule has 1 amide bonds. The Morgan fingerprint density at radius 3 is 2.72 bits per heavy atom. The SMILES string of the molecule is COc1ccccc1Oc1nnc(C2(C)C=C(NC(=O)COc3ccc(Cl)c(F)c3)C2)o1. The molecule has 0 aliphatic heterocycles. The van der Waals surface area contributed by atoms with Crippen LogP contribution in [-0.2, 0) is 10.2 Å². The van der Waals surface area contributed by atoms with Crippen LogP contribution in [0, 0.1) is 5.82 Å². The number of para-hydroxylation sites is 2. The molecule has 0 radical (unpaired) electrons. The second-order valence-corrected chi connectivity index (χ2v) is 7.71. The smallest absolute Gasteiger partial charge is 0.420 e. The van der Waals surface area contributed by atoms with Crippen molar-refractivity contribution in [3.63, 3.8) is 0 Å². The molecular weight excluding hydrogens is 441 g/mol. The second-order valence-electron chi connectivity index (χ2n) is 7.30. The summed E-state index contributed by atoms with van der Waals surface area (Å²) in [6.07, 6.45) is 2.28. The topological polar surface area (TPSA) is 95.7 Å². The maximum absolute atomic E-state index is 13.4. The van der Waals surface area contributed by atoms with E-state index in [9.17, 15) is 9.18 Å². The van der Waals surface area contributed by atoms with Crippen molar-refractivity contribution in [1.29, 1.82) is 0 Å². The van der Waals surface area contributed by atoms with Crippen LogP contribution in [0.25, 0.3) is 0 Å². The van der Waals surface area contributed by atoms with Gasteiger partial charge in [-0.15, -0.1) is 5.10 Å². The van der Waals surface area contributed by atoms with Gasteiger partial charge in [0.05, 0.1) is 17.5 Å². The molecule has 1 heterocycles. The van der Waals surface area contributed by atoms with E-state index >= 15 is 0 Å². The fourth-order valence-corrected chi connectivity index (χ4v) is 3.30. The minimum atomic E-state index is -0.615. The standard InChI is InChI=1S/C22H19ClFN3O5/c1-22(20-26-27-21(32-20)31-18-6-4-3-5-17(18)29-2)10-13(11-22)25-19(28)12-30-14-7-8-15(23)16(24)9-14/h3-10H,11-12H2,1-2H3,(H,25,28). The molecular formula is C22H19ClFN3O5. The minimum Gasteiger partial charge on any atom is -0.493 e. The molecule has 1 N–H and O–H groups in total. The predicted molar refractivity (Wildman–Crippen MR) is 112 cm³/mol. The Bertz CT molecular complexity index is 1180. The van der Waals surface area contributed by atoms with Crippen LogP contribution in [0.4, 0.5) is 4.39 Å². The Morgan fingerprint density at radius 2 is 2.00 bits per heavy atom. The van der Waals surface area contributed by atoms with E-state index in [-0.39, 0.29) is 29.4 Å². The number of nitrogens with zero attached hydrogens (tertiary/aromatic N) is 2. The predicted octanol–water partition coefficient (Wildman–Crippen LogP) is 4.40. The summed E-state index contributed by atoms with van der Waals surface area (Å²) in [4.78, 5) is 12.1. The van der Waals surface area contributed by atoms with Crippen LogP contribution in [0.2, 0.25) is 5.02 Å². The first-order valence-electron chi connectivity index (χ1n) is 9.60. The van der Waals surface area contributed by atoms with Crippen LogP contribution in [0.1, 0.15) is 19.2 Å². The molecule has 0 bridgehead atoms. The van der Waals surface area contributed by atoms with Crippen molar-refractivity contribution in [2.75, 3.05) is 13.7 Å². The number of methoxy groups -OCH3 is 1. The number of halogens is 2. The van der Waals surface area contributed by atoms with Crippen molar-refractivity contribution >= 4 is 17.5 Å². The first-order valence-corrected chi connectivity index (χ1v) is 9.98. The van der Waals surface area contributed by atoms with E-state index in [0.29, 0.717) is 29.5 Å². The van der Waals surface area contributed by atoms with Crippen LogP contribution in [-0.4, -0.2) is 29.8 Å². The highest BCUT2D eigenvalue weighted by Gasteiger charge is 2.40. The number of hydrogen-bond donors (Lipinski definition) is 1. The van der Waals surface area contributed by atoms with Gasteiger partial charge < -0.3 is 23.9 Å². The van der Waals surface area contributed by atoms with Crippen molar-refractivity contribution in [3.05, 3.63) is 71.0 Å². The van der Waals surface area contributed by atoms with E-state index < -0.39 is 11.2 Å². The molecule has 1 aliphatic rings. The highest BCUT2D eigenvalue weighted by molar-refractivity contribution is 6.30. The minimum absolute atomic E-state index is 0.0137. The number of amides is 1. The van der Waals surface area contributed by atoms with E-state index in [1.54, 1.807) is 18.2 Å². The van der Waals surface area contributed by atoms with Crippen molar-refractivity contribution in [3.8, 4) is 23.3 Å². The van der Waals surface area contributed by atoms with Gasteiger partial charge in [0.1, 0.15) is 11.6 Å². The molecule has 32 heavy (non-hydrogen) atoms. The molecule has 10 heteroatoms. The molecule has 1 aliphatic carbocycles. The van der Waals surface area contributed by atoms with Crippen LogP contribution in [0.3, 0.4) is 0 Å². The number of carbonyl (C=O) groups excluding carboxylic acids is 1. The van der Waals surface area contributed by atoms with Crippen molar-refractivity contribution in [2.45, 2.75) is 18.8 Å². The third-order valence-electron chi connectivity index (χ3n) is 4.77. The Kier molecular flexibility index (Phi) is 6.00. The van der Waals surface area contributed by atoms with Gasteiger partial charge in [-0.05, 0) is 37.3 Å². The lowest BCUT2D eigenvalue weighted by molar-refractivity contribution is -0.122. The second kappa shape index (κ2) is 8.88. The lowest BCUT2D eigenvalue weighted by Gasteiger charge is -2.33. The lowest BCUT2D eigenvalue weighted by atomic mass is 9.75. The van der Waals surface area contributed by atoms with Gasteiger partial charge in [0.2, 0.25) is 5.89 Å². The first kappa shape index (κ1) is 21.6. The molecule has 1 aromatic heterocycles. The van der Waals surface area contributed by atoms with Crippen LogP contribution >= 0.6 is 11.6 Å². The Balaban J connectivity index is 1.33. The summed E-state index contributed by atoms with van der Waals surface area (Å²) >= 11 is 5.62. The normalized spacial score (nSPS) is 17.2. The zero-order valence-corrected chi connectivity index (χ0v) is 18.0. The number of benzene rings is 2. The Labute approximate surface area is 187 Å². The van der Waals surface area contributed by atoms with Crippen LogP contribution in [0.5, 0.6) is 23.3 Å². The van der Waals surface area contributed by atoms with E-state index in [1.165, 1.54) is 19.2 Å². The molecule has 0 saturated heterocycles. The first-order chi connectivity index (χ1) is 15.4. The van der Waals surface area contributed by atoms with E-state index in [0.717, 1.165) is 6.07 Å². The number of allylic oxidation sites excluding steroid dienone is 2. The maximum atomic E-state index is 13.4. The lowest BCUT2D eigenvalue weighted by Crippen LogP contribution is -2.39. The zero-order valence-electron chi connectivity index (χ0n) is 17.2. The van der Waals surface area contributed by atoms with Gasteiger partial charge in [-0.2, -0.15) is 0 Å². The highest BCUT2D eigenvalue weighted by Crippen LogP contribution is 2.41.